The number of aliphatic hydroxyl groups excluding tert-OH is 1. The van der Waals surface area contributed by atoms with E-state index in [1.165, 1.54) is 17.0 Å². The Labute approximate surface area is 220 Å². The van der Waals surface area contributed by atoms with Crippen LogP contribution in [-0.4, -0.2) is 69.7 Å². The smallest absolute Gasteiger partial charge is 0.314 e. The predicted octanol–water partition coefficient (Wildman–Crippen LogP) is 3.15. The van der Waals surface area contributed by atoms with Crippen LogP contribution in [0.15, 0.2) is 55.0 Å². The van der Waals surface area contributed by atoms with Gasteiger partial charge in [-0.15, -0.1) is 0 Å². The van der Waals surface area contributed by atoms with E-state index in [1.54, 1.807) is 30.5 Å². The van der Waals surface area contributed by atoms with Gasteiger partial charge in [-0.2, -0.15) is 0 Å². The second kappa shape index (κ2) is 10.1. The number of rotatable bonds is 6. The number of carbonyl (C=O) groups excluding carboxylic acids is 2. The first-order valence-electron chi connectivity index (χ1n) is 12.7. The Hall–Kier alpha value is -3.92. The van der Waals surface area contributed by atoms with Gasteiger partial charge in [-0.05, 0) is 55.2 Å². The molecule has 3 amide bonds. The van der Waals surface area contributed by atoms with Gasteiger partial charge in [0.2, 0.25) is 5.91 Å². The number of amides is 3. The zero-order chi connectivity index (χ0) is 27.0. The molecule has 200 valence electrons. The third kappa shape index (κ3) is 4.38. The minimum atomic E-state index is -0.918. The number of halogens is 1. The van der Waals surface area contributed by atoms with Crippen LogP contribution in [0.2, 0.25) is 0 Å². The lowest BCUT2D eigenvalue weighted by Gasteiger charge is -2.45. The molecular formula is C28H32FN5O4. The van der Waals surface area contributed by atoms with E-state index in [0.29, 0.717) is 37.2 Å². The lowest BCUT2D eigenvalue weighted by molar-refractivity contribution is -0.150. The monoisotopic (exact) mass is 521 g/mol. The molecule has 2 aliphatic rings. The van der Waals surface area contributed by atoms with Crippen molar-refractivity contribution in [3.05, 3.63) is 77.6 Å². The highest BCUT2D eigenvalue weighted by molar-refractivity contribution is 5.87. The molecule has 10 heteroatoms. The molecule has 3 atom stereocenters. The van der Waals surface area contributed by atoms with Gasteiger partial charge in [0.1, 0.15) is 11.6 Å². The van der Waals surface area contributed by atoms with Crippen molar-refractivity contribution >= 4 is 11.9 Å². The average molecular weight is 522 g/mol. The number of hydrogen-bond acceptors (Lipinski definition) is 5. The zero-order valence-corrected chi connectivity index (χ0v) is 21.5. The van der Waals surface area contributed by atoms with E-state index >= 15 is 0 Å². The molecule has 1 aromatic heterocycles. The lowest BCUT2D eigenvalue weighted by atomic mass is 9.68. The maximum atomic E-state index is 14.3. The van der Waals surface area contributed by atoms with Crippen LogP contribution >= 0.6 is 0 Å². The molecule has 1 spiro atoms. The summed E-state index contributed by atoms with van der Waals surface area (Å²) in [5, 5.41) is 10.3. The summed E-state index contributed by atoms with van der Waals surface area (Å²) in [5.74, 6) is -0.241. The summed E-state index contributed by atoms with van der Waals surface area (Å²) in [4.78, 5) is 34.1. The highest BCUT2D eigenvalue weighted by Crippen LogP contribution is 2.51. The number of ether oxygens (including phenoxy) is 1. The fourth-order valence-corrected chi connectivity index (χ4v) is 6.08. The Kier molecular flexibility index (Phi) is 6.83. The fraction of sp³-hybridized carbons (Fsp3) is 0.393. The quantitative estimate of drug-likeness (QED) is 0.517. The number of aromatic nitrogens is 2. The second-order valence-corrected chi connectivity index (χ2v) is 10.1. The molecule has 3 heterocycles. The summed E-state index contributed by atoms with van der Waals surface area (Å²) >= 11 is 0. The van der Waals surface area contributed by atoms with Crippen LogP contribution in [0.1, 0.15) is 41.6 Å². The molecular weight excluding hydrogens is 489 g/mol. The number of likely N-dealkylation sites (tertiary alicyclic amines) is 2. The molecule has 0 aliphatic carbocycles. The standard InChI is InChI=1S/C28H32FN5O4/c1-18-13-33(17-31-18)23-9-6-20(12-25(23)38-2)22-14-32(27(30)37)16-28(22)10-3-11-34(26(28)36)24(15-35)19-4-7-21(29)8-5-19/h4-9,12-13,17,22,24,35H,3,10-11,14-16H2,1-2H3,(H2,30,37)/t22?,24-,28?/m0/s1. The van der Waals surface area contributed by atoms with Crippen LogP contribution in [0.3, 0.4) is 0 Å². The Bertz CT molecular complexity index is 1340. The van der Waals surface area contributed by atoms with Crippen molar-refractivity contribution in [3.8, 4) is 11.4 Å². The SMILES string of the molecule is COc1cc(C2CN(C(N)=O)CC23CCCN([C@@H](CO)c2ccc(F)cc2)C3=O)ccc1-n1cnc(C)c1. The Morgan fingerprint density at radius 2 is 2.05 bits per heavy atom. The van der Waals surface area contributed by atoms with Crippen molar-refractivity contribution < 1.29 is 23.8 Å². The predicted molar refractivity (Wildman–Crippen MR) is 138 cm³/mol. The molecule has 2 fully saturated rings. The Morgan fingerprint density at radius 1 is 1.29 bits per heavy atom. The fourth-order valence-electron chi connectivity index (χ4n) is 6.08. The van der Waals surface area contributed by atoms with Gasteiger partial charge in [-0.1, -0.05) is 18.2 Å². The summed E-state index contributed by atoms with van der Waals surface area (Å²) in [7, 11) is 1.59. The second-order valence-electron chi connectivity index (χ2n) is 10.1. The summed E-state index contributed by atoms with van der Waals surface area (Å²) in [5.41, 5.74) is 7.99. The van der Waals surface area contributed by atoms with E-state index in [2.05, 4.69) is 4.98 Å². The van der Waals surface area contributed by atoms with Gasteiger partial charge < -0.3 is 29.9 Å². The minimum absolute atomic E-state index is 0.144. The first-order chi connectivity index (χ1) is 18.3. The van der Waals surface area contributed by atoms with E-state index < -0.39 is 17.5 Å². The number of nitrogens with two attached hydrogens (primary N) is 1. The number of primary amides is 1. The van der Waals surface area contributed by atoms with Crippen molar-refractivity contribution in [1.29, 1.82) is 0 Å². The molecule has 3 N–H and O–H groups in total. The van der Waals surface area contributed by atoms with Crippen molar-refractivity contribution in [3.63, 3.8) is 0 Å². The summed E-state index contributed by atoms with van der Waals surface area (Å²) in [6.45, 7) is 2.54. The van der Waals surface area contributed by atoms with Gasteiger partial charge in [-0.3, -0.25) is 4.79 Å². The van der Waals surface area contributed by atoms with Crippen LogP contribution in [0.4, 0.5) is 9.18 Å². The largest absolute Gasteiger partial charge is 0.495 e. The number of nitrogens with zero attached hydrogens (tertiary/aromatic N) is 4. The molecule has 38 heavy (non-hydrogen) atoms. The Morgan fingerprint density at radius 3 is 2.68 bits per heavy atom. The van der Waals surface area contributed by atoms with Crippen molar-refractivity contribution in [2.24, 2.45) is 11.1 Å². The molecule has 0 bridgehead atoms. The first-order valence-corrected chi connectivity index (χ1v) is 12.7. The number of urea groups is 1. The number of aryl methyl sites for hydroxylation is 1. The van der Waals surface area contributed by atoms with Crippen LogP contribution in [0, 0.1) is 18.2 Å². The third-order valence-electron chi connectivity index (χ3n) is 7.96. The maximum Gasteiger partial charge on any atom is 0.314 e. The number of piperidine rings is 1. The first kappa shape index (κ1) is 25.7. The van der Waals surface area contributed by atoms with Crippen molar-refractivity contribution in [2.45, 2.75) is 31.7 Å². The van der Waals surface area contributed by atoms with E-state index in [-0.39, 0.29) is 30.8 Å². The molecule has 0 radical (unpaired) electrons. The third-order valence-corrected chi connectivity index (χ3v) is 7.96. The van der Waals surface area contributed by atoms with Gasteiger partial charge in [0.15, 0.2) is 0 Å². The highest BCUT2D eigenvalue weighted by Gasteiger charge is 2.57. The number of hydrogen-bond donors (Lipinski definition) is 2. The molecule has 0 saturated carbocycles. The van der Waals surface area contributed by atoms with E-state index in [9.17, 15) is 19.1 Å². The van der Waals surface area contributed by atoms with Gasteiger partial charge in [0, 0.05) is 31.7 Å². The topological polar surface area (TPSA) is 114 Å². The summed E-state index contributed by atoms with van der Waals surface area (Å²) in [6.07, 6.45) is 4.88. The minimum Gasteiger partial charge on any atom is -0.495 e. The molecule has 2 saturated heterocycles. The summed E-state index contributed by atoms with van der Waals surface area (Å²) < 4.78 is 21.2. The lowest BCUT2D eigenvalue weighted by Crippen LogP contribution is -2.54. The van der Waals surface area contributed by atoms with Gasteiger partial charge in [0.05, 0.1) is 42.9 Å². The van der Waals surface area contributed by atoms with E-state index in [0.717, 1.165) is 16.9 Å². The Balaban J connectivity index is 1.54. The van der Waals surface area contributed by atoms with Crippen LogP contribution in [-0.2, 0) is 4.79 Å². The van der Waals surface area contributed by atoms with Gasteiger partial charge in [0.25, 0.3) is 0 Å². The van der Waals surface area contributed by atoms with E-state index in [4.69, 9.17) is 10.5 Å². The zero-order valence-electron chi connectivity index (χ0n) is 21.5. The van der Waals surface area contributed by atoms with Crippen molar-refractivity contribution in [1.82, 2.24) is 19.4 Å². The van der Waals surface area contributed by atoms with Gasteiger partial charge >= 0.3 is 6.03 Å². The molecule has 2 unspecified atom stereocenters. The molecule has 2 aliphatic heterocycles. The highest BCUT2D eigenvalue weighted by atomic mass is 19.1. The number of benzene rings is 2. The molecule has 5 rings (SSSR count). The number of carbonyl (C=O) groups is 2. The molecule has 2 aromatic carbocycles. The normalized spacial score (nSPS) is 22.2. The van der Waals surface area contributed by atoms with Crippen LogP contribution in [0.25, 0.3) is 5.69 Å². The van der Waals surface area contributed by atoms with Gasteiger partial charge in [-0.25, -0.2) is 14.2 Å². The molecule has 9 nitrogen and oxygen atoms in total. The van der Waals surface area contributed by atoms with Crippen LogP contribution in [0.5, 0.6) is 5.75 Å². The number of methoxy groups -OCH3 is 1. The average Bonchev–Trinajstić information content (AvgIpc) is 3.52. The van der Waals surface area contributed by atoms with E-state index in [1.807, 2.05) is 35.9 Å². The van der Waals surface area contributed by atoms with Crippen LogP contribution < -0.4 is 10.5 Å². The molecule has 3 aromatic rings. The number of aliphatic hydroxyl groups is 1. The summed E-state index contributed by atoms with van der Waals surface area (Å²) in [6, 6.07) is 10.4. The maximum absolute atomic E-state index is 14.3. The number of imidazole rings is 1. The van der Waals surface area contributed by atoms with Crippen molar-refractivity contribution in [2.75, 3.05) is 33.4 Å².